The van der Waals surface area contributed by atoms with Gasteiger partial charge in [0.15, 0.2) is 5.78 Å². The Labute approximate surface area is 220 Å². The van der Waals surface area contributed by atoms with E-state index in [2.05, 4.69) is 13.8 Å². The lowest BCUT2D eigenvalue weighted by Crippen LogP contribution is -2.72. The summed E-state index contributed by atoms with van der Waals surface area (Å²) in [6.45, 7) is 12.6. The van der Waals surface area contributed by atoms with Crippen molar-refractivity contribution in [2.24, 2.45) is 39.9 Å². The molecule has 4 saturated carbocycles. The maximum atomic E-state index is 14.5. The third-order valence-electron chi connectivity index (χ3n) is 11.0. The number of fused-ring (bicyclic) bond motifs is 3. The molecule has 4 aliphatic rings. The summed E-state index contributed by atoms with van der Waals surface area (Å²) in [6, 6.07) is 9.45. The van der Waals surface area contributed by atoms with Crippen LogP contribution in [0.5, 0.6) is 0 Å². The molecule has 0 amide bonds. The maximum absolute atomic E-state index is 14.5. The number of rotatable bonds is 5. The average Bonchev–Trinajstić information content (AvgIpc) is 3.33. The maximum Gasteiger partial charge on any atom is 0.331 e. The SMILES string of the molecule is CCO[C@@H]1[C@H]2[C@@H](CC[C@@]3(C)[C@H](O)[C@H]4[C@@H](OC(=O)/C=C/c5ccccc5)[C@@H](C)C[C@]4(O)C(=O)[C@@]13C)C2(C)C. The molecule has 0 spiro atoms. The van der Waals surface area contributed by atoms with Crippen LogP contribution in [0.3, 0.4) is 0 Å². The van der Waals surface area contributed by atoms with Crippen LogP contribution >= 0.6 is 0 Å². The number of benzene rings is 1. The highest BCUT2D eigenvalue weighted by atomic mass is 16.5. The molecular weight excluding hydrogens is 468 g/mol. The van der Waals surface area contributed by atoms with Crippen molar-refractivity contribution in [1.29, 1.82) is 0 Å². The highest BCUT2D eigenvalue weighted by molar-refractivity contribution is 5.96. The van der Waals surface area contributed by atoms with E-state index in [0.717, 1.165) is 12.0 Å². The van der Waals surface area contributed by atoms with Gasteiger partial charge in [0.25, 0.3) is 0 Å². The topological polar surface area (TPSA) is 93.1 Å². The molecule has 5 rings (SSSR count). The lowest BCUT2D eigenvalue weighted by atomic mass is 9.46. The average molecular weight is 511 g/mol. The number of Topliss-reactive ketones (excluding diaryl/α,β-unsaturated/α-hetero) is 1. The van der Waals surface area contributed by atoms with Crippen LogP contribution < -0.4 is 0 Å². The molecule has 0 heterocycles. The Kier molecular flexibility index (Phi) is 6.29. The van der Waals surface area contributed by atoms with Crippen molar-refractivity contribution in [3.63, 3.8) is 0 Å². The fourth-order valence-electron chi connectivity index (χ4n) is 8.62. The summed E-state index contributed by atoms with van der Waals surface area (Å²) in [4.78, 5) is 27.4. The van der Waals surface area contributed by atoms with E-state index in [4.69, 9.17) is 9.47 Å². The van der Waals surface area contributed by atoms with E-state index in [1.807, 2.05) is 58.0 Å². The summed E-state index contributed by atoms with van der Waals surface area (Å²) < 4.78 is 12.3. The smallest absolute Gasteiger partial charge is 0.331 e. The van der Waals surface area contributed by atoms with Gasteiger partial charge in [-0.05, 0) is 67.9 Å². The number of hydrogen-bond acceptors (Lipinski definition) is 6. The standard InChI is InChI=1S/C31H42O6/c1-7-36-26-22-20(28(22,3)4)15-16-29(5)25(33)23-24(18(2)17-31(23,35)27(34)30(26,29)6)37-21(32)14-13-19-11-9-8-10-12-19/h8-14,18,20,22-26,33,35H,7,15-17H2,1-6H3/b14-13+/t18-,20+,22+,23+,24-,25+,26+,29-,30+,31+/m0/s1. The Hall–Kier alpha value is -2.02. The van der Waals surface area contributed by atoms with Gasteiger partial charge in [-0.2, -0.15) is 0 Å². The minimum Gasteiger partial charge on any atom is -0.458 e. The van der Waals surface area contributed by atoms with Crippen molar-refractivity contribution in [3.05, 3.63) is 42.0 Å². The van der Waals surface area contributed by atoms with Crippen LogP contribution in [0.15, 0.2) is 36.4 Å². The van der Waals surface area contributed by atoms with Crippen molar-refractivity contribution in [2.45, 2.75) is 84.7 Å². The summed E-state index contributed by atoms with van der Waals surface area (Å²) in [5, 5.41) is 24.1. The molecule has 1 aromatic carbocycles. The van der Waals surface area contributed by atoms with Crippen LogP contribution in [0.1, 0.15) is 66.4 Å². The Morgan fingerprint density at radius 1 is 1.14 bits per heavy atom. The second-order valence-electron chi connectivity index (χ2n) is 13.0. The molecule has 6 nitrogen and oxygen atoms in total. The lowest BCUT2D eigenvalue weighted by molar-refractivity contribution is -0.235. The number of aliphatic hydroxyl groups excluding tert-OH is 1. The molecule has 0 radical (unpaired) electrons. The number of hydrogen-bond donors (Lipinski definition) is 2. The molecule has 0 unspecified atom stereocenters. The van der Waals surface area contributed by atoms with Crippen molar-refractivity contribution in [1.82, 2.24) is 0 Å². The van der Waals surface area contributed by atoms with Gasteiger partial charge in [-0.15, -0.1) is 0 Å². The molecule has 2 N–H and O–H groups in total. The Morgan fingerprint density at radius 2 is 1.81 bits per heavy atom. The van der Waals surface area contributed by atoms with Gasteiger partial charge in [0.05, 0.1) is 23.5 Å². The van der Waals surface area contributed by atoms with Crippen LogP contribution in [0.25, 0.3) is 6.08 Å². The summed E-state index contributed by atoms with van der Waals surface area (Å²) in [5.41, 5.74) is -2.74. The molecule has 4 aliphatic carbocycles. The predicted octanol–water partition coefficient (Wildman–Crippen LogP) is 4.43. The summed E-state index contributed by atoms with van der Waals surface area (Å²) in [5.74, 6) is -1.36. The van der Waals surface area contributed by atoms with Crippen molar-refractivity contribution in [2.75, 3.05) is 6.61 Å². The first-order valence-electron chi connectivity index (χ1n) is 13.8. The quantitative estimate of drug-likeness (QED) is 0.450. The molecule has 10 atom stereocenters. The number of esters is 1. The van der Waals surface area contributed by atoms with E-state index < -0.39 is 40.5 Å². The number of carbonyl (C=O) groups is 2. The van der Waals surface area contributed by atoms with Crippen molar-refractivity contribution in [3.8, 4) is 0 Å². The van der Waals surface area contributed by atoms with Crippen LogP contribution in [0, 0.1) is 39.9 Å². The third-order valence-corrected chi connectivity index (χ3v) is 11.0. The lowest BCUT2D eigenvalue weighted by Gasteiger charge is -2.60. The molecule has 4 fully saturated rings. The molecule has 1 aromatic rings. The number of ketones is 1. The largest absolute Gasteiger partial charge is 0.458 e. The van der Waals surface area contributed by atoms with Gasteiger partial charge in [0, 0.05) is 18.1 Å². The van der Waals surface area contributed by atoms with Gasteiger partial charge >= 0.3 is 5.97 Å². The zero-order valence-corrected chi connectivity index (χ0v) is 22.9. The summed E-state index contributed by atoms with van der Waals surface area (Å²) >= 11 is 0. The number of aliphatic hydroxyl groups is 2. The van der Waals surface area contributed by atoms with E-state index in [-0.39, 0.29) is 35.6 Å². The zero-order valence-electron chi connectivity index (χ0n) is 22.9. The fourth-order valence-corrected chi connectivity index (χ4v) is 8.62. The van der Waals surface area contributed by atoms with Crippen LogP contribution in [0.2, 0.25) is 0 Å². The minimum absolute atomic E-state index is 0.0565. The van der Waals surface area contributed by atoms with Gasteiger partial charge in [-0.3, -0.25) is 4.79 Å². The van der Waals surface area contributed by atoms with Crippen molar-refractivity contribution >= 4 is 17.8 Å². The van der Waals surface area contributed by atoms with Gasteiger partial charge < -0.3 is 19.7 Å². The normalized spacial score (nSPS) is 46.1. The van der Waals surface area contributed by atoms with Gasteiger partial charge in [-0.25, -0.2) is 4.79 Å². The van der Waals surface area contributed by atoms with E-state index in [9.17, 15) is 19.8 Å². The molecule has 0 bridgehead atoms. The van der Waals surface area contributed by atoms with Gasteiger partial charge in [0.2, 0.25) is 0 Å². The zero-order chi connectivity index (χ0) is 27.0. The molecular formula is C31H42O6. The number of ether oxygens (including phenoxy) is 2. The van der Waals surface area contributed by atoms with Crippen LogP contribution in [-0.2, 0) is 19.1 Å². The van der Waals surface area contributed by atoms with E-state index in [0.29, 0.717) is 18.9 Å². The molecule has 37 heavy (non-hydrogen) atoms. The van der Waals surface area contributed by atoms with E-state index in [1.54, 1.807) is 6.08 Å². The molecule has 202 valence electrons. The minimum atomic E-state index is -1.78. The van der Waals surface area contributed by atoms with Gasteiger partial charge in [-0.1, -0.05) is 58.0 Å². The Morgan fingerprint density at radius 3 is 2.46 bits per heavy atom. The molecule has 0 aromatic heterocycles. The third kappa shape index (κ3) is 3.62. The van der Waals surface area contributed by atoms with Crippen molar-refractivity contribution < 1.29 is 29.3 Å². The van der Waals surface area contributed by atoms with E-state index in [1.165, 1.54) is 6.08 Å². The number of carbonyl (C=O) groups excluding carboxylic acids is 2. The van der Waals surface area contributed by atoms with Gasteiger partial charge in [0.1, 0.15) is 11.7 Å². The second-order valence-corrected chi connectivity index (χ2v) is 13.0. The van der Waals surface area contributed by atoms with E-state index >= 15 is 0 Å². The Bertz CT molecular complexity index is 1100. The summed E-state index contributed by atoms with van der Waals surface area (Å²) in [6.07, 6.45) is 2.57. The first kappa shape index (κ1) is 26.6. The molecule has 6 heteroatoms. The molecule has 0 aliphatic heterocycles. The first-order chi connectivity index (χ1) is 17.3. The molecule has 0 saturated heterocycles. The van der Waals surface area contributed by atoms with Crippen LogP contribution in [0.4, 0.5) is 0 Å². The highest BCUT2D eigenvalue weighted by Crippen LogP contribution is 2.73. The van der Waals surface area contributed by atoms with Crippen LogP contribution in [-0.4, -0.2) is 52.5 Å². The summed E-state index contributed by atoms with van der Waals surface area (Å²) in [7, 11) is 0. The fraction of sp³-hybridized carbons (Fsp3) is 0.677. The Balaban J connectivity index is 1.49. The monoisotopic (exact) mass is 510 g/mol. The predicted molar refractivity (Wildman–Crippen MR) is 140 cm³/mol. The first-order valence-corrected chi connectivity index (χ1v) is 13.8. The highest BCUT2D eigenvalue weighted by Gasteiger charge is 2.79. The second kappa shape index (κ2) is 8.75.